The summed E-state index contributed by atoms with van der Waals surface area (Å²) >= 11 is 1.26. The highest BCUT2D eigenvalue weighted by Gasteiger charge is 2.31. The van der Waals surface area contributed by atoms with E-state index in [1.54, 1.807) is 23.3 Å². The summed E-state index contributed by atoms with van der Waals surface area (Å²) in [5.74, 6) is 1.15. The largest absolute Gasteiger partial charge is 0.329 e. The molecule has 8 nitrogen and oxygen atoms in total. The molecule has 4 aromatic rings. The van der Waals surface area contributed by atoms with Gasteiger partial charge in [0.25, 0.3) is 0 Å². The molecular formula is C19H20N6O2S2. The first-order valence-electron chi connectivity index (χ1n) is 9.32. The molecule has 0 bridgehead atoms. The van der Waals surface area contributed by atoms with E-state index in [0.717, 1.165) is 34.7 Å². The Morgan fingerprint density at radius 1 is 1.28 bits per heavy atom. The molecule has 0 radical (unpaired) electrons. The Labute approximate surface area is 172 Å². The van der Waals surface area contributed by atoms with Crippen LogP contribution in [-0.2, 0) is 16.9 Å². The average Bonchev–Trinajstić information content (AvgIpc) is 3.05. The number of nitrogens with zero attached hydrogens (tertiary/aromatic N) is 5. The van der Waals surface area contributed by atoms with Crippen molar-refractivity contribution in [3.63, 3.8) is 0 Å². The maximum Gasteiger partial charge on any atom is 0.188 e. The van der Waals surface area contributed by atoms with Crippen LogP contribution < -0.4 is 5.32 Å². The Kier molecular flexibility index (Phi) is 4.21. The zero-order valence-corrected chi connectivity index (χ0v) is 17.7. The van der Waals surface area contributed by atoms with Gasteiger partial charge in [0.15, 0.2) is 21.3 Å². The molecule has 29 heavy (non-hydrogen) atoms. The van der Waals surface area contributed by atoms with Gasteiger partial charge in [-0.15, -0.1) is 11.3 Å². The van der Waals surface area contributed by atoms with Crippen molar-refractivity contribution in [1.29, 1.82) is 0 Å². The van der Waals surface area contributed by atoms with Crippen molar-refractivity contribution >= 4 is 37.6 Å². The number of hydrogen-bond donors (Lipinski definition) is 1. The smallest absolute Gasteiger partial charge is 0.188 e. The first kappa shape index (κ1) is 18.3. The molecule has 0 saturated heterocycles. The van der Waals surface area contributed by atoms with Crippen LogP contribution in [0.2, 0.25) is 0 Å². The summed E-state index contributed by atoms with van der Waals surface area (Å²) in [5, 5.41) is 8.22. The molecule has 10 heteroatoms. The van der Waals surface area contributed by atoms with Gasteiger partial charge in [-0.3, -0.25) is 9.08 Å². The highest BCUT2D eigenvalue weighted by molar-refractivity contribution is 7.93. The van der Waals surface area contributed by atoms with Gasteiger partial charge in [-0.05, 0) is 37.3 Å². The summed E-state index contributed by atoms with van der Waals surface area (Å²) < 4.78 is 29.5. The first-order valence-corrected chi connectivity index (χ1v) is 11.8. The van der Waals surface area contributed by atoms with E-state index in [0.29, 0.717) is 21.6 Å². The van der Waals surface area contributed by atoms with Gasteiger partial charge in [0.1, 0.15) is 4.21 Å². The van der Waals surface area contributed by atoms with Crippen molar-refractivity contribution in [2.75, 3.05) is 11.1 Å². The SMILES string of the molecule is Cc1cc(Nc2nccn3c(-c4cnn(C)c4)cnc23)sc1S(=O)(=O)CC1CC1. The molecule has 0 aliphatic heterocycles. The lowest BCUT2D eigenvalue weighted by molar-refractivity contribution is 0.594. The summed E-state index contributed by atoms with van der Waals surface area (Å²) in [6, 6.07) is 1.86. The van der Waals surface area contributed by atoms with Gasteiger partial charge in [0, 0.05) is 31.2 Å². The Balaban J connectivity index is 1.48. The van der Waals surface area contributed by atoms with Crippen LogP contribution in [-0.4, -0.2) is 38.3 Å². The Bertz CT molecular complexity index is 1310. The lowest BCUT2D eigenvalue weighted by Crippen LogP contribution is -2.07. The Morgan fingerprint density at radius 2 is 2.10 bits per heavy atom. The van der Waals surface area contributed by atoms with E-state index in [4.69, 9.17) is 0 Å². The van der Waals surface area contributed by atoms with E-state index in [-0.39, 0.29) is 5.75 Å². The van der Waals surface area contributed by atoms with Gasteiger partial charge in [0.2, 0.25) is 0 Å². The fourth-order valence-electron chi connectivity index (χ4n) is 3.40. The predicted octanol–water partition coefficient (Wildman–Crippen LogP) is 3.43. The third kappa shape index (κ3) is 3.42. The van der Waals surface area contributed by atoms with Crippen LogP contribution in [0.5, 0.6) is 0 Å². The van der Waals surface area contributed by atoms with Crippen LogP contribution in [0.25, 0.3) is 16.9 Å². The monoisotopic (exact) mass is 428 g/mol. The molecule has 1 N–H and O–H groups in total. The normalized spacial score (nSPS) is 14.6. The molecule has 150 valence electrons. The third-order valence-electron chi connectivity index (χ3n) is 4.98. The third-order valence-corrected chi connectivity index (χ3v) is 8.73. The number of fused-ring (bicyclic) bond motifs is 1. The fraction of sp³-hybridized carbons (Fsp3) is 0.316. The van der Waals surface area contributed by atoms with E-state index in [9.17, 15) is 8.42 Å². The summed E-state index contributed by atoms with van der Waals surface area (Å²) in [7, 11) is -1.37. The quantitative estimate of drug-likeness (QED) is 0.506. The van der Waals surface area contributed by atoms with Crippen molar-refractivity contribution in [2.45, 2.75) is 24.0 Å². The van der Waals surface area contributed by atoms with Crippen LogP contribution in [0.4, 0.5) is 10.8 Å². The van der Waals surface area contributed by atoms with Crippen molar-refractivity contribution < 1.29 is 8.42 Å². The summed E-state index contributed by atoms with van der Waals surface area (Å²) in [4.78, 5) is 8.93. The molecule has 5 rings (SSSR count). The van der Waals surface area contributed by atoms with E-state index >= 15 is 0 Å². The van der Waals surface area contributed by atoms with Gasteiger partial charge in [-0.2, -0.15) is 5.10 Å². The van der Waals surface area contributed by atoms with Crippen LogP contribution in [0.1, 0.15) is 18.4 Å². The molecule has 1 saturated carbocycles. The van der Waals surface area contributed by atoms with E-state index in [2.05, 4.69) is 20.4 Å². The van der Waals surface area contributed by atoms with Crippen LogP contribution >= 0.6 is 11.3 Å². The molecule has 1 aliphatic carbocycles. The van der Waals surface area contributed by atoms with E-state index in [1.807, 2.05) is 36.8 Å². The van der Waals surface area contributed by atoms with Crippen molar-refractivity contribution in [1.82, 2.24) is 24.1 Å². The van der Waals surface area contributed by atoms with E-state index in [1.165, 1.54) is 11.3 Å². The molecule has 0 amide bonds. The number of aryl methyl sites for hydroxylation is 2. The minimum absolute atomic E-state index is 0.246. The molecule has 4 aromatic heterocycles. The van der Waals surface area contributed by atoms with Gasteiger partial charge >= 0.3 is 0 Å². The van der Waals surface area contributed by atoms with E-state index < -0.39 is 9.84 Å². The van der Waals surface area contributed by atoms with Crippen molar-refractivity contribution in [3.05, 3.63) is 42.6 Å². The van der Waals surface area contributed by atoms with Crippen molar-refractivity contribution in [3.8, 4) is 11.3 Å². The van der Waals surface area contributed by atoms with Crippen LogP contribution in [0, 0.1) is 12.8 Å². The maximum absolute atomic E-state index is 12.7. The minimum atomic E-state index is -3.24. The topological polar surface area (TPSA) is 94.2 Å². The number of nitrogens with one attached hydrogen (secondary N) is 1. The molecule has 1 aliphatic rings. The second-order valence-electron chi connectivity index (χ2n) is 7.45. The highest BCUT2D eigenvalue weighted by atomic mass is 32.2. The number of hydrogen-bond acceptors (Lipinski definition) is 7. The van der Waals surface area contributed by atoms with Crippen LogP contribution in [0.15, 0.2) is 41.3 Å². The lowest BCUT2D eigenvalue weighted by atomic mass is 10.3. The molecule has 4 heterocycles. The molecule has 0 atom stereocenters. The number of sulfone groups is 1. The molecule has 0 unspecified atom stereocenters. The summed E-state index contributed by atoms with van der Waals surface area (Å²) in [6.45, 7) is 1.84. The Hall–Kier alpha value is -2.72. The predicted molar refractivity (Wildman–Crippen MR) is 112 cm³/mol. The zero-order chi connectivity index (χ0) is 20.2. The average molecular weight is 429 g/mol. The van der Waals surface area contributed by atoms with Crippen molar-refractivity contribution in [2.24, 2.45) is 13.0 Å². The maximum atomic E-state index is 12.7. The molecule has 0 spiro atoms. The Morgan fingerprint density at radius 3 is 2.83 bits per heavy atom. The zero-order valence-electron chi connectivity index (χ0n) is 16.0. The van der Waals surface area contributed by atoms with Gasteiger partial charge < -0.3 is 5.32 Å². The minimum Gasteiger partial charge on any atom is -0.329 e. The standard InChI is InChI=1S/C19H20N6O2S2/c1-12-7-16(28-19(12)29(26,27)11-13-3-4-13)23-17-18-21-9-15(25(18)6-5-20-17)14-8-22-24(2)10-14/h5-10,13H,3-4,11H2,1-2H3,(H,20,23). The highest BCUT2D eigenvalue weighted by Crippen LogP contribution is 2.38. The molecular weight excluding hydrogens is 408 g/mol. The molecule has 0 aromatic carbocycles. The number of rotatable bonds is 6. The number of thiophene rings is 1. The second-order valence-corrected chi connectivity index (χ2v) is 10.7. The number of aromatic nitrogens is 5. The van der Waals surface area contributed by atoms with Gasteiger partial charge in [-0.25, -0.2) is 18.4 Å². The van der Waals surface area contributed by atoms with Gasteiger partial charge in [-0.1, -0.05) is 0 Å². The first-order chi connectivity index (χ1) is 13.9. The number of imidazole rings is 1. The number of anilines is 2. The second kappa shape index (κ2) is 6.67. The van der Waals surface area contributed by atoms with Crippen LogP contribution in [0.3, 0.4) is 0 Å². The lowest BCUT2D eigenvalue weighted by Gasteiger charge is -2.05. The summed E-state index contributed by atoms with van der Waals surface area (Å²) in [5.41, 5.74) is 3.30. The molecule has 1 fully saturated rings. The van der Waals surface area contributed by atoms with Gasteiger partial charge in [0.05, 0.1) is 28.8 Å². The summed E-state index contributed by atoms with van der Waals surface area (Å²) in [6.07, 6.45) is 11.1. The fourth-order valence-corrected chi connectivity index (χ4v) is 6.84.